The molecule has 0 aliphatic carbocycles. The van der Waals surface area contributed by atoms with Crippen molar-refractivity contribution in [3.05, 3.63) is 41.8 Å². The molecule has 4 N–H and O–H groups in total. The highest BCUT2D eigenvalue weighted by Gasteiger charge is 2.42. The summed E-state index contributed by atoms with van der Waals surface area (Å²) >= 11 is 0. The summed E-state index contributed by atoms with van der Waals surface area (Å²) in [4.78, 5) is 24.9. The lowest BCUT2D eigenvalue weighted by molar-refractivity contribution is 0.0495. The van der Waals surface area contributed by atoms with Gasteiger partial charge in [-0.2, -0.15) is 10.4 Å². The predicted octanol–water partition coefficient (Wildman–Crippen LogP) is 2.33. The number of benzene rings is 1. The Morgan fingerprint density at radius 2 is 2.13 bits per heavy atom. The van der Waals surface area contributed by atoms with Crippen molar-refractivity contribution in [2.24, 2.45) is 11.7 Å². The third kappa shape index (κ3) is 4.75. The number of amides is 2. The number of aromatic nitrogens is 2. The minimum Gasteiger partial charge on any atom is -0.465 e. The van der Waals surface area contributed by atoms with Crippen LogP contribution in [0.5, 0.6) is 0 Å². The molecule has 3 atom stereocenters. The van der Waals surface area contributed by atoms with Crippen molar-refractivity contribution in [2.45, 2.75) is 24.9 Å². The molecule has 11 heteroatoms. The molecule has 1 saturated heterocycles. The summed E-state index contributed by atoms with van der Waals surface area (Å²) in [5, 5.41) is 26.7. The SMILES string of the molecule is COCCC1C(C#N)C(n2cc(C(N)=O)c(Nc3ccc(F)cc3)n2)CCN1C(=O)O. The molecular weight excluding hydrogens is 407 g/mol. The number of ether oxygens (including phenoxy) is 1. The number of hydrogen-bond acceptors (Lipinski definition) is 6. The monoisotopic (exact) mass is 430 g/mol. The second kappa shape index (κ2) is 9.44. The van der Waals surface area contributed by atoms with Gasteiger partial charge in [-0.05, 0) is 37.1 Å². The first-order valence-electron chi connectivity index (χ1n) is 9.65. The zero-order valence-corrected chi connectivity index (χ0v) is 16.9. The first-order valence-corrected chi connectivity index (χ1v) is 9.65. The highest BCUT2D eigenvalue weighted by Crippen LogP contribution is 2.35. The normalized spacial score (nSPS) is 20.8. The van der Waals surface area contributed by atoms with Gasteiger partial charge in [0.1, 0.15) is 11.4 Å². The van der Waals surface area contributed by atoms with E-state index >= 15 is 0 Å². The molecule has 0 spiro atoms. The summed E-state index contributed by atoms with van der Waals surface area (Å²) in [5.74, 6) is -1.66. The number of nitrogens with one attached hydrogen (secondary N) is 1. The van der Waals surface area contributed by atoms with Crippen LogP contribution in [0.2, 0.25) is 0 Å². The van der Waals surface area contributed by atoms with E-state index < -0.39 is 35.8 Å². The molecule has 1 aliphatic heterocycles. The maximum atomic E-state index is 13.2. The molecule has 1 aromatic heterocycles. The van der Waals surface area contributed by atoms with Crippen LogP contribution in [-0.2, 0) is 4.74 Å². The van der Waals surface area contributed by atoms with Gasteiger partial charge in [-0.3, -0.25) is 9.48 Å². The van der Waals surface area contributed by atoms with Crippen molar-refractivity contribution < 1.29 is 23.8 Å². The van der Waals surface area contributed by atoms with Gasteiger partial charge in [0.05, 0.1) is 24.1 Å². The fourth-order valence-electron chi connectivity index (χ4n) is 3.85. The van der Waals surface area contributed by atoms with E-state index in [4.69, 9.17) is 10.5 Å². The summed E-state index contributed by atoms with van der Waals surface area (Å²) in [7, 11) is 1.51. The number of nitrogens with zero attached hydrogens (tertiary/aromatic N) is 4. The molecule has 0 bridgehead atoms. The van der Waals surface area contributed by atoms with Crippen LogP contribution in [0.4, 0.5) is 20.7 Å². The van der Waals surface area contributed by atoms with Crippen LogP contribution >= 0.6 is 0 Å². The summed E-state index contributed by atoms with van der Waals surface area (Å²) in [6.45, 7) is 0.501. The van der Waals surface area contributed by atoms with Crippen LogP contribution in [-0.4, -0.2) is 58.1 Å². The number of anilines is 2. The van der Waals surface area contributed by atoms with E-state index in [1.807, 2.05) is 0 Å². The van der Waals surface area contributed by atoms with Crippen LogP contribution in [0.15, 0.2) is 30.5 Å². The van der Waals surface area contributed by atoms with Gasteiger partial charge < -0.3 is 25.8 Å². The van der Waals surface area contributed by atoms with Crippen LogP contribution in [0, 0.1) is 23.1 Å². The molecule has 31 heavy (non-hydrogen) atoms. The predicted molar refractivity (Wildman–Crippen MR) is 108 cm³/mol. The standard InChI is InChI=1S/C20H23FN6O4/c1-31-9-7-16-14(10-22)17(6-8-26(16)20(29)30)27-11-15(18(23)28)19(25-27)24-13-4-2-12(21)3-5-13/h2-5,11,14,16-17H,6-9H2,1H3,(H2,23,28)(H,24,25)(H,29,30). The van der Waals surface area contributed by atoms with Gasteiger partial charge in [0.2, 0.25) is 0 Å². The van der Waals surface area contributed by atoms with Crippen LogP contribution in [0.25, 0.3) is 0 Å². The third-order valence-electron chi connectivity index (χ3n) is 5.35. The number of halogens is 1. The first kappa shape index (κ1) is 22.0. The Kier molecular flexibility index (Phi) is 6.71. The number of methoxy groups -OCH3 is 1. The highest BCUT2D eigenvalue weighted by atomic mass is 19.1. The molecule has 0 saturated carbocycles. The number of rotatable bonds is 7. The minimum atomic E-state index is -1.10. The van der Waals surface area contributed by atoms with E-state index in [9.17, 15) is 24.3 Å². The minimum absolute atomic E-state index is 0.107. The molecule has 2 aromatic rings. The van der Waals surface area contributed by atoms with E-state index in [0.29, 0.717) is 25.1 Å². The van der Waals surface area contributed by atoms with Gasteiger partial charge in [0.25, 0.3) is 5.91 Å². The zero-order chi connectivity index (χ0) is 22.5. The molecule has 2 heterocycles. The molecule has 3 unspecified atom stereocenters. The zero-order valence-electron chi connectivity index (χ0n) is 16.9. The van der Waals surface area contributed by atoms with E-state index in [1.165, 1.54) is 47.2 Å². The van der Waals surface area contributed by atoms with Crippen molar-refractivity contribution in [2.75, 3.05) is 25.6 Å². The lowest BCUT2D eigenvalue weighted by atomic mass is 9.84. The summed E-state index contributed by atoms with van der Waals surface area (Å²) < 4.78 is 19.7. The van der Waals surface area contributed by atoms with Gasteiger partial charge >= 0.3 is 6.09 Å². The number of piperidine rings is 1. The van der Waals surface area contributed by atoms with E-state index in [1.54, 1.807) is 0 Å². The molecular formula is C20H23FN6O4. The fraction of sp³-hybridized carbons (Fsp3) is 0.400. The second-order valence-electron chi connectivity index (χ2n) is 7.20. The largest absolute Gasteiger partial charge is 0.465 e. The Balaban J connectivity index is 1.93. The second-order valence-corrected chi connectivity index (χ2v) is 7.20. The van der Waals surface area contributed by atoms with Gasteiger partial charge in [-0.15, -0.1) is 0 Å². The Bertz CT molecular complexity index is 987. The van der Waals surface area contributed by atoms with Crippen molar-refractivity contribution in [1.29, 1.82) is 5.26 Å². The molecule has 0 radical (unpaired) electrons. The molecule has 1 aliphatic rings. The topological polar surface area (TPSA) is 146 Å². The van der Waals surface area contributed by atoms with E-state index in [-0.39, 0.29) is 17.9 Å². The fourth-order valence-corrected chi connectivity index (χ4v) is 3.85. The molecule has 3 rings (SSSR count). The van der Waals surface area contributed by atoms with Crippen LogP contribution in [0.1, 0.15) is 29.2 Å². The number of hydrogen-bond donors (Lipinski definition) is 3. The summed E-state index contributed by atoms with van der Waals surface area (Å²) in [6, 6.07) is 6.66. The third-order valence-corrected chi connectivity index (χ3v) is 5.35. The molecule has 164 valence electrons. The van der Waals surface area contributed by atoms with E-state index in [0.717, 1.165) is 0 Å². The molecule has 1 aromatic carbocycles. The van der Waals surface area contributed by atoms with Crippen molar-refractivity contribution >= 4 is 23.5 Å². The number of nitriles is 1. The Morgan fingerprint density at radius 3 is 2.71 bits per heavy atom. The van der Waals surface area contributed by atoms with Crippen LogP contribution in [0.3, 0.4) is 0 Å². The summed E-state index contributed by atoms with van der Waals surface area (Å²) in [5.41, 5.74) is 6.11. The lowest BCUT2D eigenvalue weighted by Gasteiger charge is -2.41. The highest BCUT2D eigenvalue weighted by molar-refractivity contribution is 5.98. The first-order chi connectivity index (χ1) is 14.8. The number of nitrogens with two attached hydrogens (primary N) is 1. The van der Waals surface area contributed by atoms with Gasteiger partial charge in [0.15, 0.2) is 5.82 Å². The van der Waals surface area contributed by atoms with E-state index in [2.05, 4.69) is 16.5 Å². The van der Waals surface area contributed by atoms with Crippen molar-refractivity contribution in [1.82, 2.24) is 14.7 Å². The Morgan fingerprint density at radius 1 is 1.42 bits per heavy atom. The number of carbonyl (C=O) groups is 2. The molecule has 2 amide bonds. The molecule has 10 nitrogen and oxygen atoms in total. The Hall–Kier alpha value is -3.65. The lowest BCUT2D eigenvalue weighted by Crippen LogP contribution is -2.51. The van der Waals surface area contributed by atoms with Crippen LogP contribution < -0.4 is 11.1 Å². The van der Waals surface area contributed by atoms with Gasteiger partial charge in [0, 0.05) is 32.1 Å². The number of carbonyl (C=O) groups excluding carboxylic acids is 1. The average Bonchev–Trinajstić information content (AvgIpc) is 3.16. The van der Waals surface area contributed by atoms with Crippen molar-refractivity contribution in [3.63, 3.8) is 0 Å². The maximum Gasteiger partial charge on any atom is 0.407 e. The number of primary amides is 1. The number of likely N-dealkylation sites (tertiary alicyclic amines) is 1. The smallest absolute Gasteiger partial charge is 0.407 e. The Labute approximate surface area is 178 Å². The van der Waals surface area contributed by atoms with Gasteiger partial charge in [-0.1, -0.05) is 0 Å². The molecule has 1 fully saturated rings. The maximum absolute atomic E-state index is 13.2. The van der Waals surface area contributed by atoms with Crippen molar-refractivity contribution in [3.8, 4) is 6.07 Å². The van der Waals surface area contributed by atoms with Gasteiger partial charge in [-0.25, -0.2) is 9.18 Å². The number of carboxylic acid groups (broad SMARTS) is 1. The average molecular weight is 430 g/mol. The quantitative estimate of drug-likeness (QED) is 0.611. The summed E-state index contributed by atoms with van der Waals surface area (Å²) in [6.07, 6.45) is 1.04.